The molecule has 0 aliphatic rings. The van der Waals surface area contributed by atoms with Gasteiger partial charge in [-0.1, -0.05) is 46.3 Å². The van der Waals surface area contributed by atoms with E-state index in [1.54, 1.807) is 48.5 Å². The van der Waals surface area contributed by atoms with Gasteiger partial charge in [-0.25, -0.2) is 13.1 Å². The second-order valence-corrected chi connectivity index (χ2v) is 8.79. The van der Waals surface area contributed by atoms with E-state index in [1.807, 2.05) is 0 Å². The van der Waals surface area contributed by atoms with Crippen molar-refractivity contribution < 1.29 is 18.0 Å². The van der Waals surface area contributed by atoms with E-state index >= 15 is 0 Å². The van der Waals surface area contributed by atoms with Crippen molar-refractivity contribution in [2.75, 3.05) is 11.9 Å². The van der Waals surface area contributed by atoms with Gasteiger partial charge in [0, 0.05) is 35.1 Å². The molecule has 0 heterocycles. The minimum Gasteiger partial charge on any atom is -0.326 e. The number of anilines is 1. The first-order valence-electron chi connectivity index (χ1n) is 8.55. The Morgan fingerprint density at radius 3 is 2.25 bits per heavy atom. The lowest BCUT2D eigenvalue weighted by Crippen LogP contribution is -2.25. The molecule has 0 aliphatic carbocycles. The van der Waals surface area contributed by atoms with Crippen LogP contribution in [0.15, 0.2) is 65.7 Å². The van der Waals surface area contributed by atoms with Gasteiger partial charge in [0.15, 0.2) is 5.78 Å². The third kappa shape index (κ3) is 7.38. The molecule has 0 saturated heterocycles. The highest BCUT2D eigenvalue weighted by Crippen LogP contribution is 2.14. The molecule has 0 aromatic heterocycles. The molecule has 0 aliphatic heterocycles. The fraction of sp³-hybridized carbons (Fsp3) is 0.200. The summed E-state index contributed by atoms with van der Waals surface area (Å²) in [6.07, 6.45) is 1.65. The van der Waals surface area contributed by atoms with Gasteiger partial charge in [-0.05, 0) is 29.8 Å². The molecule has 148 valence electrons. The zero-order valence-electron chi connectivity index (χ0n) is 15.2. The van der Waals surface area contributed by atoms with Gasteiger partial charge in [0.25, 0.3) is 0 Å². The molecular weight excluding hydrogens is 444 g/mol. The standard InChI is InChI=1S/C20H21BrN2O4S/c1-2-13-22-28(26,27)14-15-3-9-18(10-4-15)23-20(25)12-11-19(24)16-5-7-17(21)8-6-16/h2-10,22H,1,11-14H2,(H,23,25). The molecule has 2 rings (SSSR count). The number of hydrogen-bond acceptors (Lipinski definition) is 4. The van der Waals surface area contributed by atoms with Crippen LogP contribution in [0.2, 0.25) is 0 Å². The summed E-state index contributed by atoms with van der Waals surface area (Å²) < 4.78 is 27.0. The fourth-order valence-corrected chi connectivity index (χ4v) is 3.74. The minimum atomic E-state index is -3.43. The highest BCUT2D eigenvalue weighted by atomic mass is 79.9. The average Bonchev–Trinajstić information content (AvgIpc) is 2.66. The molecule has 0 atom stereocenters. The van der Waals surface area contributed by atoms with Crippen molar-refractivity contribution in [2.24, 2.45) is 0 Å². The second kappa shape index (κ2) is 10.3. The Hall–Kier alpha value is -2.29. The molecule has 0 bridgehead atoms. The van der Waals surface area contributed by atoms with E-state index in [0.717, 1.165) is 4.47 Å². The highest BCUT2D eigenvalue weighted by molar-refractivity contribution is 9.10. The number of ketones is 1. The number of sulfonamides is 1. The van der Waals surface area contributed by atoms with Crippen LogP contribution in [0.25, 0.3) is 0 Å². The zero-order chi connectivity index (χ0) is 20.6. The lowest BCUT2D eigenvalue weighted by Gasteiger charge is -2.08. The number of carbonyl (C=O) groups excluding carboxylic acids is 2. The molecule has 2 aromatic carbocycles. The molecule has 6 nitrogen and oxygen atoms in total. The molecule has 0 fully saturated rings. The Morgan fingerprint density at radius 2 is 1.64 bits per heavy atom. The van der Waals surface area contributed by atoms with Crippen molar-refractivity contribution in [1.82, 2.24) is 4.72 Å². The number of halogens is 1. The van der Waals surface area contributed by atoms with Crippen LogP contribution in [0, 0.1) is 0 Å². The Morgan fingerprint density at radius 1 is 1.00 bits per heavy atom. The van der Waals surface area contributed by atoms with E-state index in [9.17, 15) is 18.0 Å². The summed E-state index contributed by atoms with van der Waals surface area (Å²) in [6.45, 7) is 3.64. The van der Waals surface area contributed by atoms with E-state index in [-0.39, 0.29) is 36.8 Å². The Bertz CT molecular complexity index is 939. The van der Waals surface area contributed by atoms with Crippen LogP contribution in [-0.4, -0.2) is 26.7 Å². The predicted molar refractivity (Wildman–Crippen MR) is 114 cm³/mol. The van der Waals surface area contributed by atoms with Crippen molar-refractivity contribution >= 4 is 43.3 Å². The normalized spacial score (nSPS) is 11.0. The molecule has 2 N–H and O–H groups in total. The Balaban J connectivity index is 1.84. The Labute approximate surface area is 173 Å². The lowest BCUT2D eigenvalue weighted by atomic mass is 10.1. The van der Waals surface area contributed by atoms with Gasteiger partial charge in [-0.15, -0.1) is 6.58 Å². The van der Waals surface area contributed by atoms with E-state index in [1.165, 1.54) is 6.08 Å². The van der Waals surface area contributed by atoms with Gasteiger partial charge in [-0.3, -0.25) is 9.59 Å². The molecule has 0 spiro atoms. The lowest BCUT2D eigenvalue weighted by molar-refractivity contribution is -0.116. The molecule has 2 aromatic rings. The van der Waals surface area contributed by atoms with Crippen LogP contribution < -0.4 is 10.0 Å². The third-order valence-corrected chi connectivity index (χ3v) is 5.64. The van der Waals surface area contributed by atoms with Crippen LogP contribution in [0.5, 0.6) is 0 Å². The quantitative estimate of drug-likeness (QED) is 0.414. The van der Waals surface area contributed by atoms with E-state index in [4.69, 9.17) is 0 Å². The first kappa shape index (κ1) is 22.0. The number of rotatable bonds is 10. The highest BCUT2D eigenvalue weighted by Gasteiger charge is 2.12. The summed E-state index contributed by atoms with van der Waals surface area (Å²) in [4.78, 5) is 24.1. The number of Topliss-reactive ketones (excluding diaryl/α,β-unsaturated/α-hetero) is 1. The van der Waals surface area contributed by atoms with Crippen molar-refractivity contribution in [2.45, 2.75) is 18.6 Å². The minimum absolute atomic E-state index is 0.0660. The molecule has 28 heavy (non-hydrogen) atoms. The second-order valence-electron chi connectivity index (χ2n) is 6.07. The van der Waals surface area contributed by atoms with Crippen LogP contribution >= 0.6 is 15.9 Å². The van der Waals surface area contributed by atoms with Crippen molar-refractivity contribution in [3.05, 3.63) is 76.8 Å². The summed E-state index contributed by atoms with van der Waals surface area (Å²) in [7, 11) is -3.43. The van der Waals surface area contributed by atoms with Crippen molar-refractivity contribution in [1.29, 1.82) is 0 Å². The zero-order valence-corrected chi connectivity index (χ0v) is 17.6. The topological polar surface area (TPSA) is 92.3 Å². The van der Waals surface area contributed by atoms with E-state index in [0.29, 0.717) is 16.8 Å². The smallest absolute Gasteiger partial charge is 0.224 e. The third-order valence-electron chi connectivity index (χ3n) is 3.79. The van der Waals surface area contributed by atoms with Crippen LogP contribution in [-0.2, 0) is 20.6 Å². The number of hydrogen-bond donors (Lipinski definition) is 2. The maximum atomic E-state index is 12.1. The maximum absolute atomic E-state index is 12.1. The summed E-state index contributed by atoms with van der Waals surface area (Å²) in [5.41, 5.74) is 1.70. The summed E-state index contributed by atoms with van der Waals surface area (Å²) in [6, 6.07) is 13.5. The van der Waals surface area contributed by atoms with Gasteiger partial charge in [-0.2, -0.15) is 0 Å². The van der Waals surface area contributed by atoms with Gasteiger partial charge in [0.2, 0.25) is 15.9 Å². The SMILES string of the molecule is C=CCNS(=O)(=O)Cc1ccc(NC(=O)CCC(=O)c2ccc(Br)cc2)cc1. The maximum Gasteiger partial charge on any atom is 0.224 e. The first-order chi connectivity index (χ1) is 13.3. The number of benzene rings is 2. The number of carbonyl (C=O) groups is 2. The van der Waals surface area contributed by atoms with Crippen LogP contribution in [0.3, 0.4) is 0 Å². The van der Waals surface area contributed by atoms with Crippen molar-refractivity contribution in [3.63, 3.8) is 0 Å². The van der Waals surface area contributed by atoms with Crippen LogP contribution in [0.4, 0.5) is 5.69 Å². The Kier molecular flexibility index (Phi) is 8.10. The van der Waals surface area contributed by atoms with Gasteiger partial charge < -0.3 is 5.32 Å². The largest absolute Gasteiger partial charge is 0.326 e. The van der Waals surface area contributed by atoms with E-state index in [2.05, 4.69) is 32.5 Å². The van der Waals surface area contributed by atoms with Gasteiger partial charge in [0.1, 0.15) is 0 Å². The predicted octanol–water partition coefficient (Wildman–Crippen LogP) is 3.66. The number of nitrogens with one attached hydrogen (secondary N) is 2. The van der Waals surface area contributed by atoms with Crippen molar-refractivity contribution in [3.8, 4) is 0 Å². The number of amides is 1. The monoisotopic (exact) mass is 464 g/mol. The average molecular weight is 465 g/mol. The molecule has 1 amide bonds. The summed E-state index contributed by atoms with van der Waals surface area (Å²) in [5, 5.41) is 2.71. The van der Waals surface area contributed by atoms with E-state index < -0.39 is 10.0 Å². The molecule has 0 unspecified atom stereocenters. The first-order valence-corrected chi connectivity index (χ1v) is 11.0. The fourth-order valence-electron chi connectivity index (χ4n) is 2.37. The van der Waals surface area contributed by atoms with Gasteiger partial charge in [0.05, 0.1) is 5.75 Å². The molecule has 0 saturated carbocycles. The molecule has 8 heteroatoms. The van der Waals surface area contributed by atoms with Gasteiger partial charge >= 0.3 is 0 Å². The molecular formula is C20H21BrN2O4S. The molecule has 0 radical (unpaired) electrons. The summed E-state index contributed by atoms with van der Waals surface area (Å²) >= 11 is 3.31. The summed E-state index contributed by atoms with van der Waals surface area (Å²) in [5.74, 6) is -0.537. The van der Waals surface area contributed by atoms with Crippen LogP contribution in [0.1, 0.15) is 28.8 Å².